The number of hydrogen-bond donors (Lipinski definition) is 0. The van der Waals surface area contributed by atoms with Crippen molar-refractivity contribution in [3.05, 3.63) is 59.9 Å². The van der Waals surface area contributed by atoms with Crippen molar-refractivity contribution in [2.75, 3.05) is 0 Å². The van der Waals surface area contributed by atoms with Crippen LogP contribution < -0.4 is 4.74 Å². The maximum absolute atomic E-state index is 12.5. The summed E-state index contributed by atoms with van der Waals surface area (Å²) in [6.07, 6.45) is -3.76. The van der Waals surface area contributed by atoms with Crippen molar-refractivity contribution in [2.24, 2.45) is 0 Å². The fraction of sp³-hybridized carbons (Fsp3) is 0.143. The molecule has 1 heterocycles. The van der Waals surface area contributed by atoms with Crippen LogP contribution in [0.1, 0.15) is 11.3 Å². The molecule has 0 fully saturated rings. The van der Waals surface area contributed by atoms with Crippen LogP contribution in [0.2, 0.25) is 0 Å². The quantitative estimate of drug-likeness (QED) is 0.640. The van der Waals surface area contributed by atoms with E-state index in [0.717, 1.165) is 12.3 Å². The van der Waals surface area contributed by atoms with E-state index in [1.165, 1.54) is 6.07 Å². The topological polar surface area (TPSA) is 39.2 Å². The highest BCUT2D eigenvalue weighted by molar-refractivity contribution is 5.75. The van der Waals surface area contributed by atoms with Gasteiger partial charge in [-0.3, -0.25) is 9.78 Å². The number of para-hydroxylation sites is 1. The molecule has 0 aliphatic rings. The third kappa shape index (κ3) is 3.81. The number of esters is 1. The van der Waals surface area contributed by atoms with Crippen LogP contribution in [-0.4, -0.2) is 11.0 Å². The molecule has 2 rings (SSSR count). The molecule has 6 heteroatoms. The van der Waals surface area contributed by atoms with Crippen molar-refractivity contribution in [1.29, 1.82) is 0 Å². The number of ether oxygens (including phenoxy) is 1. The molecule has 0 aliphatic carbocycles. The van der Waals surface area contributed by atoms with E-state index in [0.29, 0.717) is 5.75 Å². The molecule has 0 N–H and O–H groups in total. The molecule has 0 atom stereocenters. The van der Waals surface area contributed by atoms with Crippen LogP contribution in [0.25, 0.3) is 0 Å². The van der Waals surface area contributed by atoms with Gasteiger partial charge >= 0.3 is 12.1 Å². The van der Waals surface area contributed by atoms with E-state index in [2.05, 4.69) is 4.98 Å². The van der Waals surface area contributed by atoms with Gasteiger partial charge in [0, 0.05) is 6.20 Å². The second-order valence-corrected chi connectivity index (χ2v) is 4.01. The minimum Gasteiger partial charge on any atom is -0.426 e. The largest absolute Gasteiger partial charge is 0.433 e. The highest BCUT2D eigenvalue weighted by atomic mass is 19.4. The molecule has 0 unspecified atom stereocenters. The summed E-state index contributed by atoms with van der Waals surface area (Å²) in [4.78, 5) is 14.8. The first-order chi connectivity index (χ1) is 9.45. The molecule has 0 aliphatic heterocycles. The normalized spacial score (nSPS) is 11.2. The van der Waals surface area contributed by atoms with Crippen molar-refractivity contribution in [3.63, 3.8) is 0 Å². The number of aromatic nitrogens is 1. The zero-order valence-electron chi connectivity index (χ0n) is 10.2. The molecular formula is C14H10F3NO2. The van der Waals surface area contributed by atoms with E-state index >= 15 is 0 Å². The molecule has 104 valence electrons. The van der Waals surface area contributed by atoms with Gasteiger partial charge in [0.05, 0.1) is 6.42 Å². The van der Waals surface area contributed by atoms with Gasteiger partial charge in [-0.25, -0.2) is 0 Å². The van der Waals surface area contributed by atoms with E-state index in [-0.39, 0.29) is 12.0 Å². The van der Waals surface area contributed by atoms with Crippen molar-refractivity contribution in [3.8, 4) is 5.75 Å². The Kier molecular flexibility index (Phi) is 4.02. The Balaban J connectivity index is 2.05. The Morgan fingerprint density at radius 1 is 1.15 bits per heavy atom. The van der Waals surface area contributed by atoms with E-state index in [4.69, 9.17) is 4.74 Å². The third-order valence-corrected chi connectivity index (χ3v) is 2.44. The van der Waals surface area contributed by atoms with Crippen LogP contribution in [0.5, 0.6) is 5.75 Å². The smallest absolute Gasteiger partial charge is 0.426 e. The Morgan fingerprint density at radius 3 is 2.50 bits per heavy atom. The summed E-state index contributed by atoms with van der Waals surface area (Å²) < 4.78 is 42.4. The van der Waals surface area contributed by atoms with Gasteiger partial charge in [0.25, 0.3) is 0 Å². The molecule has 0 radical (unpaired) electrons. The summed E-state index contributed by atoms with van der Waals surface area (Å²) in [7, 11) is 0. The summed E-state index contributed by atoms with van der Waals surface area (Å²) in [6.45, 7) is 0. The van der Waals surface area contributed by atoms with Crippen LogP contribution in [-0.2, 0) is 17.4 Å². The second-order valence-electron chi connectivity index (χ2n) is 4.01. The summed E-state index contributed by atoms with van der Waals surface area (Å²) in [5.74, 6) is -0.280. The molecule has 0 bridgehead atoms. The van der Waals surface area contributed by atoms with Crippen molar-refractivity contribution >= 4 is 5.97 Å². The minimum absolute atomic E-state index is 0.202. The highest BCUT2D eigenvalue weighted by Crippen LogP contribution is 2.27. The van der Waals surface area contributed by atoms with Gasteiger partial charge < -0.3 is 4.74 Å². The first-order valence-electron chi connectivity index (χ1n) is 5.73. The summed E-state index contributed by atoms with van der Waals surface area (Å²) in [5, 5.41) is 0. The van der Waals surface area contributed by atoms with Crippen molar-refractivity contribution in [2.45, 2.75) is 12.6 Å². The number of pyridine rings is 1. The van der Waals surface area contributed by atoms with Gasteiger partial charge in [-0.05, 0) is 29.8 Å². The Labute approximate surface area is 113 Å². The second kappa shape index (κ2) is 5.73. The number of alkyl halides is 3. The number of benzene rings is 1. The zero-order valence-corrected chi connectivity index (χ0v) is 10.2. The van der Waals surface area contributed by atoms with Crippen LogP contribution in [0.3, 0.4) is 0 Å². The van der Waals surface area contributed by atoms with E-state index in [9.17, 15) is 18.0 Å². The average Bonchev–Trinajstić information content (AvgIpc) is 2.39. The molecule has 0 saturated carbocycles. The van der Waals surface area contributed by atoms with Crippen LogP contribution in [0.15, 0.2) is 48.7 Å². The first-order valence-corrected chi connectivity index (χ1v) is 5.73. The lowest BCUT2D eigenvalue weighted by atomic mass is 10.1. The van der Waals surface area contributed by atoms with Gasteiger partial charge in [0.15, 0.2) is 0 Å². The van der Waals surface area contributed by atoms with Gasteiger partial charge in [-0.2, -0.15) is 13.2 Å². The molecule has 0 amide bonds. The summed E-state index contributed by atoms with van der Waals surface area (Å²) in [5.41, 5.74) is -0.823. The molecule has 1 aromatic heterocycles. The fourth-order valence-corrected chi connectivity index (χ4v) is 1.56. The van der Waals surface area contributed by atoms with E-state index in [1.54, 1.807) is 30.3 Å². The van der Waals surface area contributed by atoms with Gasteiger partial charge in [0.2, 0.25) is 0 Å². The number of hydrogen-bond acceptors (Lipinski definition) is 3. The number of carbonyl (C=O) groups excluding carboxylic acids is 1. The number of carbonyl (C=O) groups is 1. The Morgan fingerprint density at radius 2 is 1.85 bits per heavy atom. The maximum Gasteiger partial charge on any atom is 0.433 e. The van der Waals surface area contributed by atoms with E-state index in [1.807, 2.05) is 0 Å². The number of nitrogens with zero attached hydrogens (tertiary/aromatic N) is 1. The standard InChI is InChI=1S/C14H10F3NO2/c15-14(16,17)12-8-10(6-7-18-12)9-13(19)20-11-4-2-1-3-5-11/h1-8H,9H2. The SMILES string of the molecule is O=C(Cc1ccnc(C(F)(F)F)c1)Oc1ccccc1. The lowest BCUT2D eigenvalue weighted by Crippen LogP contribution is -2.13. The Hall–Kier alpha value is -2.37. The van der Waals surface area contributed by atoms with Crippen molar-refractivity contribution in [1.82, 2.24) is 4.98 Å². The molecule has 1 aromatic carbocycles. The van der Waals surface area contributed by atoms with Crippen molar-refractivity contribution < 1.29 is 22.7 Å². The van der Waals surface area contributed by atoms with Gasteiger partial charge in [0.1, 0.15) is 11.4 Å². The predicted octanol–water partition coefficient (Wildman–Crippen LogP) is 3.25. The first kappa shape index (κ1) is 14.0. The predicted molar refractivity (Wildman–Crippen MR) is 65.0 cm³/mol. The summed E-state index contributed by atoms with van der Waals surface area (Å²) >= 11 is 0. The molecular weight excluding hydrogens is 271 g/mol. The van der Waals surface area contributed by atoms with Crippen LogP contribution >= 0.6 is 0 Å². The molecule has 3 nitrogen and oxygen atoms in total. The van der Waals surface area contributed by atoms with E-state index < -0.39 is 17.8 Å². The highest BCUT2D eigenvalue weighted by Gasteiger charge is 2.32. The summed E-state index contributed by atoms with van der Waals surface area (Å²) in [6, 6.07) is 10.5. The van der Waals surface area contributed by atoms with Gasteiger partial charge in [-0.1, -0.05) is 18.2 Å². The third-order valence-electron chi connectivity index (χ3n) is 2.44. The molecule has 2 aromatic rings. The average molecular weight is 281 g/mol. The molecule has 0 saturated heterocycles. The molecule has 0 spiro atoms. The van der Waals surface area contributed by atoms with Crippen LogP contribution in [0, 0.1) is 0 Å². The number of halogens is 3. The fourth-order valence-electron chi connectivity index (χ4n) is 1.56. The zero-order chi connectivity index (χ0) is 14.6. The van der Waals surface area contributed by atoms with Crippen LogP contribution in [0.4, 0.5) is 13.2 Å². The monoisotopic (exact) mass is 281 g/mol. The number of rotatable bonds is 3. The maximum atomic E-state index is 12.5. The van der Waals surface area contributed by atoms with Gasteiger partial charge in [-0.15, -0.1) is 0 Å². The molecule has 20 heavy (non-hydrogen) atoms. The lowest BCUT2D eigenvalue weighted by molar-refractivity contribution is -0.141. The Bertz CT molecular complexity index is 597. The lowest BCUT2D eigenvalue weighted by Gasteiger charge is -2.07. The minimum atomic E-state index is -4.53.